The molecule has 4 aliphatic rings. The van der Waals surface area contributed by atoms with Crippen molar-refractivity contribution in [3.05, 3.63) is 90.0 Å². The van der Waals surface area contributed by atoms with Gasteiger partial charge in [0.1, 0.15) is 25.3 Å². The molecular weight excluding hydrogens is 1310 g/mol. The molecule has 524 valence electrons. The van der Waals surface area contributed by atoms with E-state index in [9.17, 15) is 33.6 Å². The fourth-order valence-electron chi connectivity index (χ4n) is 12.0. The Balaban J connectivity index is 0.839. The number of thioether (sulfide) groups is 1. The van der Waals surface area contributed by atoms with Gasteiger partial charge in [-0.05, 0) is 180 Å². The smallest absolute Gasteiger partial charge is 0.315 e. The SMILES string of the molecule is CN[C@@H](C)C(=O)N[C@H](C(=O)N1CCCC1Cn1nnnc1Sc1ccccc1)[C@@H](C)OCC#Cc1cc(C#CCO[C@H](C)[C@H](NC(=O)[C@H](C)NC)C(=O)N2CCC[C@H]2Cn2nnnc2Sc2ccccc2)cc(NC(=O)CCCCCNC(=O)CCCCC2SC[C@@H]3NC(=O)N[C@H]23)c1. The van der Waals surface area contributed by atoms with E-state index in [-0.39, 0.29) is 85.3 Å². The molecule has 8 N–H and O–H groups in total. The van der Waals surface area contributed by atoms with Crippen LogP contribution in [0.4, 0.5) is 10.5 Å². The molecule has 98 heavy (non-hydrogen) atoms. The Hall–Kier alpha value is -8.10. The van der Waals surface area contributed by atoms with Crippen molar-refractivity contribution >= 4 is 82.4 Å². The van der Waals surface area contributed by atoms with Crippen molar-refractivity contribution in [3.8, 4) is 23.7 Å². The Labute approximate surface area is 585 Å². The topological polar surface area (TPSA) is 328 Å². The first kappa shape index (κ1) is 74.1. The number of rotatable bonds is 34. The van der Waals surface area contributed by atoms with Gasteiger partial charge in [0.05, 0.1) is 61.5 Å². The first-order valence-electron chi connectivity index (χ1n) is 33.7. The van der Waals surface area contributed by atoms with Crippen LogP contribution >= 0.6 is 35.3 Å². The van der Waals surface area contributed by atoms with Crippen LogP contribution in [0.15, 0.2) is 99.0 Å². The zero-order valence-corrected chi connectivity index (χ0v) is 58.8. The van der Waals surface area contributed by atoms with E-state index in [1.54, 1.807) is 79.2 Å². The molecule has 27 nitrogen and oxygen atoms in total. The summed E-state index contributed by atoms with van der Waals surface area (Å²) in [5.41, 5.74) is 1.43. The largest absolute Gasteiger partial charge is 0.363 e. The summed E-state index contributed by atoms with van der Waals surface area (Å²) in [5, 5.41) is 50.2. The Morgan fingerprint density at radius 2 is 1.16 bits per heavy atom. The number of carbonyl (C=O) groups is 7. The maximum absolute atomic E-state index is 14.6. The zero-order chi connectivity index (χ0) is 69.3. The average molecular weight is 1400 g/mol. The number of carbonyl (C=O) groups excluding carboxylic acids is 7. The molecule has 8 amide bonds. The number of hydrogen-bond acceptors (Lipinski definition) is 20. The normalized spacial score (nSPS) is 19.7. The molecule has 11 atom stereocenters. The molecule has 4 aliphatic heterocycles. The number of nitrogens with zero attached hydrogens (tertiary/aromatic N) is 10. The minimum atomic E-state index is -1.07. The molecule has 2 aromatic heterocycles. The summed E-state index contributed by atoms with van der Waals surface area (Å²) >= 11 is 4.73. The van der Waals surface area contributed by atoms with Gasteiger partial charge in [-0.15, -0.1) is 10.2 Å². The quantitative estimate of drug-likeness (QED) is 0.0161. The molecule has 2 unspecified atom stereocenters. The second-order valence-corrected chi connectivity index (χ2v) is 28.1. The fourth-order valence-corrected chi connectivity index (χ4v) is 15.1. The molecule has 0 radical (unpaired) electrons. The van der Waals surface area contributed by atoms with Gasteiger partial charge in [-0.25, -0.2) is 14.2 Å². The summed E-state index contributed by atoms with van der Waals surface area (Å²) in [6.07, 6.45) is 6.55. The van der Waals surface area contributed by atoms with Crippen LogP contribution in [-0.2, 0) is 51.3 Å². The van der Waals surface area contributed by atoms with Gasteiger partial charge in [0, 0.05) is 70.1 Å². The zero-order valence-electron chi connectivity index (χ0n) is 56.4. The summed E-state index contributed by atoms with van der Waals surface area (Å²) in [5.74, 6) is 11.7. The lowest BCUT2D eigenvalue weighted by atomic mass is 10.0. The minimum Gasteiger partial charge on any atom is -0.363 e. The highest BCUT2D eigenvalue weighted by Gasteiger charge is 2.43. The summed E-state index contributed by atoms with van der Waals surface area (Å²) in [6, 6.07) is 21.1. The van der Waals surface area contributed by atoms with Crippen molar-refractivity contribution < 1.29 is 43.0 Å². The number of fused-ring (bicyclic) bond motifs is 1. The van der Waals surface area contributed by atoms with E-state index in [0.29, 0.717) is 104 Å². The summed E-state index contributed by atoms with van der Waals surface area (Å²) < 4.78 is 15.9. The molecule has 5 aromatic rings. The van der Waals surface area contributed by atoms with Crippen molar-refractivity contribution in [2.24, 2.45) is 0 Å². The Morgan fingerprint density at radius 3 is 1.68 bits per heavy atom. The van der Waals surface area contributed by atoms with Crippen molar-refractivity contribution in [2.75, 3.05) is 58.0 Å². The number of ether oxygens (including phenoxy) is 2. The molecule has 0 spiro atoms. The average Bonchev–Trinajstić information content (AvgIpc) is 1.64. The van der Waals surface area contributed by atoms with Crippen LogP contribution in [0.1, 0.15) is 116 Å². The standard InChI is InChI=1S/C68H90N18O9S3/c1-44(69-5)62(89)74-59(64(91)83-34-18-24-51(83)41-85-67(77-79-81-85)97-53-26-10-7-11-27-53)46(3)94-36-20-22-48-38-49(40-50(39-48)72-58(88)32-14-9-17-33-71-57(87)31-16-15-30-56-61-55(43-96-56)73-66(93)76-61)23-21-37-95-47(4)60(75-63(90)45(2)70-6)65(92)84-35-19-25-52(84)42-86-68(78-80-82-86)98-54-28-12-8-13-29-54/h7-8,10-13,26-29,38-40,44-47,51-52,55-56,59-61,69-70H,9,14-19,24-25,30-37,41-43H2,1-6H3,(H,71,87)(H,72,88)(H,74,89)(H,75,90)(H2,73,76,93)/t44-,45-,46+,47+,51-,52?,55-,56?,59-,60-,61-/m0/s1. The van der Waals surface area contributed by atoms with Gasteiger partial charge < -0.3 is 61.8 Å². The van der Waals surface area contributed by atoms with E-state index in [2.05, 4.69) is 97.3 Å². The van der Waals surface area contributed by atoms with Gasteiger partial charge in [0.25, 0.3) is 0 Å². The van der Waals surface area contributed by atoms with Crippen LogP contribution in [0, 0.1) is 23.7 Å². The molecular formula is C68H90N18O9S3. The third kappa shape index (κ3) is 21.7. The summed E-state index contributed by atoms with van der Waals surface area (Å²) in [4.78, 5) is 99.7. The lowest BCUT2D eigenvalue weighted by molar-refractivity contribution is -0.142. The van der Waals surface area contributed by atoms with E-state index < -0.39 is 36.4 Å². The molecule has 0 saturated carbocycles. The van der Waals surface area contributed by atoms with Gasteiger partial charge in [-0.2, -0.15) is 11.8 Å². The lowest BCUT2D eigenvalue weighted by Crippen LogP contribution is -2.58. The predicted molar refractivity (Wildman–Crippen MR) is 372 cm³/mol. The van der Waals surface area contributed by atoms with E-state index in [4.69, 9.17) is 9.47 Å². The number of amides is 8. The number of nitrogens with one attached hydrogen (secondary N) is 8. The number of benzene rings is 3. The van der Waals surface area contributed by atoms with Crippen molar-refractivity contribution in [1.29, 1.82) is 0 Å². The van der Waals surface area contributed by atoms with Crippen LogP contribution in [0.3, 0.4) is 0 Å². The maximum atomic E-state index is 14.6. The molecule has 9 rings (SSSR count). The van der Waals surface area contributed by atoms with Crippen LogP contribution < -0.4 is 42.5 Å². The predicted octanol–water partition coefficient (Wildman–Crippen LogP) is 4.38. The molecule has 0 aliphatic carbocycles. The first-order valence-corrected chi connectivity index (χ1v) is 36.4. The summed E-state index contributed by atoms with van der Waals surface area (Å²) in [6.45, 7) is 8.75. The highest BCUT2D eigenvalue weighted by Crippen LogP contribution is 2.34. The summed E-state index contributed by atoms with van der Waals surface area (Å²) in [7, 11) is 3.33. The van der Waals surface area contributed by atoms with Crippen molar-refractivity contribution in [3.63, 3.8) is 0 Å². The maximum Gasteiger partial charge on any atom is 0.315 e. The molecule has 3 aromatic carbocycles. The van der Waals surface area contributed by atoms with Gasteiger partial charge >= 0.3 is 6.03 Å². The number of urea groups is 1. The van der Waals surface area contributed by atoms with Crippen LogP contribution in [0.2, 0.25) is 0 Å². The number of unbranched alkanes of at least 4 members (excludes halogenated alkanes) is 3. The molecule has 6 heterocycles. The minimum absolute atomic E-state index is 0.000566. The van der Waals surface area contributed by atoms with Gasteiger partial charge in [0.2, 0.25) is 45.8 Å². The van der Waals surface area contributed by atoms with Crippen molar-refractivity contribution in [1.82, 2.24) is 87.4 Å². The van der Waals surface area contributed by atoms with E-state index in [1.807, 2.05) is 72.4 Å². The van der Waals surface area contributed by atoms with E-state index in [0.717, 1.165) is 47.6 Å². The number of likely N-dealkylation sites (tertiary alicyclic amines) is 2. The highest BCUT2D eigenvalue weighted by molar-refractivity contribution is 8.00. The van der Waals surface area contributed by atoms with Crippen molar-refractivity contribution in [2.45, 2.75) is 204 Å². The highest BCUT2D eigenvalue weighted by atomic mass is 32.2. The molecule has 4 saturated heterocycles. The molecule has 0 bridgehead atoms. The van der Waals surface area contributed by atoms with Gasteiger partial charge in [-0.3, -0.25) is 28.8 Å². The van der Waals surface area contributed by atoms with Crippen LogP contribution in [0.5, 0.6) is 0 Å². The Morgan fingerprint density at radius 1 is 0.653 bits per heavy atom. The molecule has 4 fully saturated rings. The molecule has 30 heteroatoms. The Kier molecular flexibility index (Phi) is 28.6. The number of tetrazole rings is 2. The second kappa shape index (κ2) is 37.7. The van der Waals surface area contributed by atoms with Gasteiger partial charge in [-0.1, -0.05) is 72.9 Å². The van der Waals surface area contributed by atoms with Crippen LogP contribution in [-0.4, -0.2) is 210 Å². The number of hydrogen-bond donors (Lipinski definition) is 8. The fraction of sp³-hybridized carbons (Fsp3) is 0.544. The van der Waals surface area contributed by atoms with E-state index >= 15 is 0 Å². The second-order valence-electron chi connectivity index (χ2n) is 24.8. The van der Waals surface area contributed by atoms with E-state index in [1.165, 1.54) is 23.5 Å². The van der Waals surface area contributed by atoms with Gasteiger partial charge in [0.15, 0.2) is 0 Å². The monoisotopic (exact) mass is 1400 g/mol. The third-order valence-corrected chi connectivity index (χ3v) is 21.2. The number of aromatic nitrogens is 8. The first-order chi connectivity index (χ1) is 47.5. The number of likely N-dealkylation sites (N-methyl/N-ethyl adjacent to an activating group) is 2. The Bertz CT molecular complexity index is 3440. The van der Waals surface area contributed by atoms with Crippen LogP contribution in [0.25, 0.3) is 0 Å². The number of anilines is 1. The lowest BCUT2D eigenvalue weighted by Gasteiger charge is -2.32. The third-order valence-electron chi connectivity index (χ3n) is 17.7.